The van der Waals surface area contributed by atoms with E-state index in [9.17, 15) is 4.79 Å². The van der Waals surface area contributed by atoms with Crippen LogP contribution >= 0.6 is 0 Å². The molecule has 1 radical (unpaired) electrons. The number of fused-ring (bicyclic) bond motifs is 1. The van der Waals surface area contributed by atoms with Crippen molar-refractivity contribution in [1.29, 1.82) is 0 Å². The Kier molecular flexibility index (Phi) is 5.69. The number of nitrogens with one attached hydrogen (secondary N) is 1. The minimum absolute atomic E-state index is 0.0427. The van der Waals surface area contributed by atoms with E-state index in [1.165, 1.54) is 0 Å². The molecule has 23 heavy (non-hydrogen) atoms. The molecule has 0 saturated carbocycles. The van der Waals surface area contributed by atoms with Crippen LogP contribution in [0, 0.1) is 5.92 Å². The van der Waals surface area contributed by atoms with Crippen LogP contribution in [0.3, 0.4) is 0 Å². The number of hydrogen-bond donors (Lipinski definition) is 1. The molecule has 0 bridgehead atoms. The summed E-state index contributed by atoms with van der Waals surface area (Å²) >= 11 is 0. The SMILES string of the molecule is [B]=Cc1c(NC)ccc2cc(/C=C/C=C\C(C)C(C)=O)ccc12. The van der Waals surface area contributed by atoms with Gasteiger partial charge in [-0.05, 0) is 6.92 Å². The molecule has 1 unspecified atom stereocenters. The Balaban J connectivity index is 2.27. The molecule has 2 aromatic carbocycles. The topological polar surface area (TPSA) is 29.1 Å². The summed E-state index contributed by atoms with van der Waals surface area (Å²) in [7, 11) is 7.65. The molecule has 0 aromatic heterocycles. The zero-order valence-electron chi connectivity index (χ0n) is 13.8. The Morgan fingerprint density at radius 3 is 2.65 bits per heavy atom. The number of carbonyl (C=O) groups excluding carboxylic acids is 1. The monoisotopic (exact) mass is 302 g/mol. The number of anilines is 1. The van der Waals surface area contributed by atoms with Crippen LogP contribution in [-0.4, -0.2) is 26.3 Å². The fourth-order valence-corrected chi connectivity index (χ4v) is 2.41. The molecule has 0 aliphatic rings. The molecule has 0 aliphatic heterocycles. The minimum atomic E-state index is -0.0427. The molecule has 0 spiro atoms. The first-order valence-corrected chi connectivity index (χ1v) is 7.71. The van der Waals surface area contributed by atoms with E-state index in [4.69, 9.17) is 7.49 Å². The van der Waals surface area contributed by atoms with Crippen molar-refractivity contribution in [1.82, 2.24) is 0 Å². The van der Waals surface area contributed by atoms with Crippen LogP contribution in [0.5, 0.6) is 0 Å². The summed E-state index contributed by atoms with van der Waals surface area (Å²) in [6.07, 6.45) is 7.80. The van der Waals surface area contributed by atoms with Crippen molar-refractivity contribution in [2.75, 3.05) is 12.4 Å². The molecule has 0 heterocycles. The normalized spacial score (nSPS) is 12.8. The van der Waals surface area contributed by atoms with Crippen molar-refractivity contribution < 1.29 is 4.79 Å². The van der Waals surface area contributed by atoms with Crippen molar-refractivity contribution >= 4 is 41.8 Å². The van der Waals surface area contributed by atoms with Gasteiger partial charge in [0.25, 0.3) is 0 Å². The Bertz CT molecular complexity index is 790. The predicted molar refractivity (Wildman–Crippen MR) is 102 cm³/mol. The summed E-state index contributed by atoms with van der Waals surface area (Å²) in [6.45, 7) is 3.50. The third kappa shape index (κ3) is 4.07. The van der Waals surface area contributed by atoms with Gasteiger partial charge in [-0.25, -0.2) is 0 Å². The van der Waals surface area contributed by atoms with Crippen LogP contribution in [0.4, 0.5) is 5.69 Å². The summed E-state index contributed by atoms with van der Waals surface area (Å²) in [5.41, 5.74) is 3.14. The Morgan fingerprint density at radius 2 is 2.00 bits per heavy atom. The average molecular weight is 302 g/mol. The van der Waals surface area contributed by atoms with E-state index in [2.05, 4.69) is 29.6 Å². The van der Waals surface area contributed by atoms with E-state index in [1.54, 1.807) is 12.9 Å². The number of benzene rings is 2. The Labute approximate surface area is 139 Å². The van der Waals surface area contributed by atoms with Gasteiger partial charge in [-0.15, -0.1) is 0 Å². The van der Waals surface area contributed by atoms with Crippen LogP contribution in [0.1, 0.15) is 25.0 Å². The molecule has 0 saturated heterocycles. The van der Waals surface area contributed by atoms with Gasteiger partial charge < -0.3 is 0 Å². The molecule has 2 aromatic rings. The first-order chi connectivity index (χ1) is 11.1. The van der Waals surface area contributed by atoms with E-state index >= 15 is 0 Å². The molecule has 3 heteroatoms. The number of ketones is 1. The van der Waals surface area contributed by atoms with Crippen LogP contribution < -0.4 is 5.32 Å². The van der Waals surface area contributed by atoms with Crippen LogP contribution in [0.25, 0.3) is 16.8 Å². The zero-order valence-corrected chi connectivity index (χ0v) is 13.8. The fourth-order valence-electron chi connectivity index (χ4n) is 2.41. The van der Waals surface area contributed by atoms with Gasteiger partial charge in [0, 0.05) is 0 Å². The maximum atomic E-state index is 11.2. The molecule has 0 fully saturated rings. The van der Waals surface area contributed by atoms with Gasteiger partial charge in [0.2, 0.25) is 0 Å². The van der Waals surface area contributed by atoms with E-state index in [-0.39, 0.29) is 11.7 Å². The number of Topliss-reactive ketones (excluding diaryl/α,β-unsaturated/α-hetero) is 1. The van der Waals surface area contributed by atoms with E-state index in [0.29, 0.717) is 0 Å². The molecule has 0 aliphatic carbocycles. The quantitative estimate of drug-likeness (QED) is 0.645. The standard InChI is InChI=1S/C20H21BNO/c1-14(15(2)23)6-4-5-7-16-8-10-18-17(12-16)9-11-20(22-3)19(18)13-21/h4-14,22H,1-3H3/b6-4-,7-5+. The van der Waals surface area contributed by atoms with Crippen molar-refractivity contribution in [3.8, 4) is 0 Å². The molecule has 2 rings (SSSR count). The van der Waals surface area contributed by atoms with Gasteiger partial charge in [-0.2, -0.15) is 0 Å². The van der Waals surface area contributed by atoms with Gasteiger partial charge in [0.05, 0.1) is 0 Å². The first-order valence-electron chi connectivity index (χ1n) is 7.71. The second-order valence-corrected chi connectivity index (χ2v) is 5.57. The molecule has 1 atom stereocenters. The van der Waals surface area contributed by atoms with Crippen LogP contribution in [-0.2, 0) is 4.79 Å². The molecule has 2 nitrogen and oxygen atoms in total. The third-order valence-corrected chi connectivity index (χ3v) is 3.96. The van der Waals surface area contributed by atoms with Gasteiger partial charge >= 0.3 is 127 Å². The first kappa shape index (κ1) is 16.9. The van der Waals surface area contributed by atoms with Gasteiger partial charge in [0.1, 0.15) is 0 Å². The molecule has 115 valence electrons. The maximum absolute atomic E-state index is 11.2. The van der Waals surface area contributed by atoms with Gasteiger partial charge in [0.15, 0.2) is 0 Å². The summed E-state index contributed by atoms with van der Waals surface area (Å²) < 4.78 is 0. The van der Waals surface area contributed by atoms with E-state index in [0.717, 1.165) is 27.6 Å². The molecule has 1 N–H and O–H groups in total. The van der Waals surface area contributed by atoms with E-state index in [1.807, 2.05) is 44.3 Å². The van der Waals surface area contributed by atoms with E-state index < -0.39 is 0 Å². The van der Waals surface area contributed by atoms with Crippen molar-refractivity contribution in [2.24, 2.45) is 5.92 Å². The van der Waals surface area contributed by atoms with Crippen molar-refractivity contribution in [2.45, 2.75) is 13.8 Å². The molecular weight excluding hydrogens is 281 g/mol. The second-order valence-electron chi connectivity index (χ2n) is 5.57. The van der Waals surface area contributed by atoms with Crippen molar-refractivity contribution in [3.05, 3.63) is 59.7 Å². The Hall–Kier alpha value is -2.42. The molecular formula is C20H21BNO. The number of hydrogen-bond acceptors (Lipinski definition) is 2. The van der Waals surface area contributed by atoms with Gasteiger partial charge in [-0.1, -0.05) is 0 Å². The van der Waals surface area contributed by atoms with Crippen LogP contribution in [0.2, 0.25) is 0 Å². The predicted octanol–water partition coefficient (Wildman–Crippen LogP) is 3.99. The van der Waals surface area contributed by atoms with Crippen LogP contribution in [0.15, 0.2) is 48.6 Å². The molecule has 0 amide bonds. The summed E-state index contributed by atoms with van der Waals surface area (Å²) in [6, 6.07) is 10.4. The summed E-state index contributed by atoms with van der Waals surface area (Å²) in [4.78, 5) is 11.2. The Morgan fingerprint density at radius 1 is 1.22 bits per heavy atom. The third-order valence-electron chi connectivity index (χ3n) is 3.96. The summed E-state index contributed by atoms with van der Waals surface area (Å²) in [5, 5.41) is 5.42. The number of carbonyl (C=O) groups is 1. The van der Waals surface area contributed by atoms with Gasteiger partial charge in [-0.3, -0.25) is 4.79 Å². The second kappa shape index (κ2) is 7.73. The fraction of sp³-hybridized carbons (Fsp3) is 0.200. The zero-order chi connectivity index (χ0) is 16.8. The number of rotatable bonds is 6. The number of allylic oxidation sites excluding steroid dienone is 3. The summed E-state index contributed by atoms with van der Waals surface area (Å²) in [5.74, 6) is 1.76. The van der Waals surface area contributed by atoms with Crippen molar-refractivity contribution in [3.63, 3.8) is 0 Å². The average Bonchev–Trinajstić information content (AvgIpc) is 2.56.